The van der Waals surface area contributed by atoms with Gasteiger partial charge in [-0.25, -0.2) is 4.98 Å². The molecule has 0 saturated carbocycles. The smallest absolute Gasteiger partial charge is 0.243 e. The SMILES string of the molecule is Cc1nnc(NC2CCCc3ccccc32)nc1C. The number of aryl methyl sites for hydroxylation is 3. The number of nitrogens with one attached hydrogen (secondary N) is 1. The minimum absolute atomic E-state index is 0.300. The largest absolute Gasteiger partial charge is 0.346 e. The van der Waals surface area contributed by atoms with Crippen LogP contribution in [-0.4, -0.2) is 15.2 Å². The maximum atomic E-state index is 4.46. The molecule has 0 fully saturated rings. The number of anilines is 1. The summed E-state index contributed by atoms with van der Waals surface area (Å²) in [5.41, 5.74) is 4.62. The molecule has 1 atom stereocenters. The first-order chi connectivity index (χ1) is 9.24. The van der Waals surface area contributed by atoms with Gasteiger partial charge in [0.2, 0.25) is 5.95 Å². The van der Waals surface area contributed by atoms with Crippen molar-refractivity contribution in [2.45, 2.75) is 39.2 Å². The summed E-state index contributed by atoms with van der Waals surface area (Å²) in [7, 11) is 0. The molecule has 98 valence electrons. The number of hydrogen-bond donors (Lipinski definition) is 1. The summed E-state index contributed by atoms with van der Waals surface area (Å²) < 4.78 is 0. The average molecular weight is 254 g/mol. The quantitative estimate of drug-likeness (QED) is 0.895. The van der Waals surface area contributed by atoms with Gasteiger partial charge in [-0.1, -0.05) is 24.3 Å². The Labute approximate surface area is 113 Å². The first-order valence-electron chi connectivity index (χ1n) is 6.76. The molecule has 0 aliphatic heterocycles. The summed E-state index contributed by atoms with van der Waals surface area (Å²) in [6.45, 7) is 3.89. The molecule has 0 radical (unpaired) electrons. The maximum absolute atomic E-state index is 4.46. The number of hydrogen-bond acceptors (Lipinski definition) is 4. The molecule has 1 aliphatic carbocycles. The molecule has 0 spiro atoms. The molecular weight excluding hydrogens is 236 g/mol. The fraction of sp³-hybridized carbons (Fsp3) is 0.400. The Morgan fingerprint density at radius 3 is 2.79 bits per heavy atom. The van der Waals surface area contributed by atoms with Gasteiger partial charge >= 0.3 is 0 Å². The van der Waals surface area contributed by atoms with E-state index in [4.69, 9.17) is 0 Å². The van der Waals surface area contributed by atoms with E-state index in [0.717, 1.165) is 17.8 Å². The van der Waals surface area contributed by atoms with Crippen LogP contribution in [0.2, 0.25) is 0 Å². The second-order valence-corrected chi connectivity index (χ2v) is 5.09. The van der Waals surface area contributed by atoms with Gasteiger partial charge in [0, 0.05) is 0 Å². The topological polar surface area (TPSA) is 50.7 Å². The molecular formula is C15H18N4. The van der Waals surface area contributed by atoms with E-state index in [9.17, 15) is 0 Å². The highest BCUT2D eigenvalue weighted by Gasteiger charge is 2.20. The second kappa shape index (κ2) is 4.96. The van der Waals surface area contributed by atoms with Crippen molar-refractivity contribution in [2.75, 3.05) is 5.32 Å². The van der Waals surface area contributed by atoms with Crippen molar-refractivity contribution in [3.63, 3.8) is 0 Å². The summed E-state index contributed by atoms with van der Waals surface area (Å²) in [6, 6.07) is 8.91. The zero-order valence-electron chi connectivity index (χ0n) is 11.3. The van der Waals surface area contributed by atoms with Gasteiger partial charge in [0.25, 0.3) is 0 Å². The van der Waals surface area contributed by atoms with Gasteiger partial charge in [0.15, 0.2) is 0 Å². The van der Waals surface area contributed by atoms with Crippen molar-refractivity contribution in [1.82, 2.24) is 15.2 Å². The highest BCUT2D eigenvalue weighted by molar-refractivity contribution is 5.38. The predicted molar refractivity (Wildman–Crippen MR) is 75.0 cm³/mol. The maximum Gasteiger partial charge on any atom is 0.243 e. The number of nitrogens with zero attached hydrogens (tertiary/aromatic N) is 3. The Hall–Kier alpha value is -1.97. The predicted octanol–water partition coefficient (Wildman–Crippen LogP) is 2.98. The lowest BCUT2D eigenvalue weighted by atomic mass is 9.88. The summed E-state index contributed by atoms with van der Waals surface area (Å²) in [4.78, 5) is 4.46. The zero-order chi connectivity index (χ0) is 13.2. The Balaban J connectivity index is 1.86. The minimum Gasteiger partial charge on any atom is -0.346 e. The van der Waals surface area contributed by atoms with Gasteiger partial charge in [0.1, 0.15) is 0 Å². The van der Waals surface area contributed by atoms with Crippen LogP contribution in [-0.2, 0) is 6.42 Å². The van der Waals surface area contributed by atoms with Gasteiger partial charge in [0.05, 0.1) is 17.4 Å². The zero-order valence-corrected chi connectivity index (χ0v) is 11.3. The van der Waals surface area contributed by atoms with Crippen LogP contribution in [0.25, 0.3) is 0 Å². The highest BCUT2D eigenvalue weighted by atomic mass is 15.2. The molecule has 1 unspecified atom stereocenters. The van der Waals surface area contributed by atoms with Crippen molar-refractivity contribution < 1.29 is 0 Å². The van der Waals surface area contributed by atoms with Crippen molar-refractivity contribution in [3.05, 3.63) is 46.8 Å². The first-order valence-corrected chi connectivity index (χ1v) is 6.76. The van der Waals surface area contributed by atoms with E-state index in [2.05, 4.69) is 44.8 Å². The number of aromatic nitrogens is 3. The third-order valence-corrected chi connectivity index (χ3v) is 3.76. The lowest BCUT2D eigenvalue weighted by Crippen LogP contribution is -2.19. The van der Waals surface area contributed by atoms with Crippen LogP contribution in [0.4, 0.5) is 5.95 Å². The van der Waals surface area contributed by atoms with Crippen LogP contribution in [0.1, 0.15) is 41.4 Å². The van der Waals surface area contributed by atoms with Gasteiger partial charge in [-0.15, -0.1) is 5.10 Å². The van der Waals surface area contributed by atoms with Crippen LogP contribution >= 0.6 is 0 Å². The second-order valence-electron chi connectivity index (χ2n) is 5.09. The lowest BCUT2D eigenvalue weighted by molar-refractivity contribution is 0.594. The number of rotatable bonds is 2. The van der Waals surface area contributed by atoms with Crippen molar-refractivity contribution in [2.24, 2.45) is 0 Å². The Bertz CT molecular complexity index is 594. The van der Waals surface area contributed by atoms with E-state index < -0.39 is 0 Å². The highest BCUT2D eigenvalue weighted by Crippen LogP contribution is 2.31. The normalized spacial score (nSPS) is 17.9. The number of benzene rings is 1. The van der Waals surface area contributed by atoms with Crippen molar-refractivity contribution in [1.29, 1.82) is 0 Å². The molecule has 1 aromatic carbocycles. The van der Waals surface area contributed by atoms with Crippen LogP contribution in [0.15, 0.2) is 24.3 Å². The van der Waals surface area contributed by atoms with Crippen molar-refractivity contribution in [3.8, 4) is 0 Å². The van der Waals surface area contributed by atoms with Crippen molar-refractivity contribution >= 4 is 5.95 Å². The third kappa shape index (κ3) is 2.43. The van der Waals surface area contributed by atoms with E-state index in [0.29, 0.717) is 12.0 Å². The molecule has 2 aromatic rings. The van der Waals surface area contributed by atoms with E-state index in [-0.39, 0.29) is 0 Å². The number of fused-ring (bicyclic) bond motifs is 1. The standard InChI is InChI=1S/C15H18N4/c1-10-11(2)18-19-15(16-10)17-14-9-5-7-12-6-3-4-8-13(12)14/h3-4,6,8,14H,5,7,9H2,1-2H3,(H,16,17,19). The molecule has 1 N–H and O–H groups in total. The molecule has 19 heavy (non-hydrogen) atoms. The summed E-state index contributed by atoms with van der Waals surface area (Å²) in [6.07, 6.45) is 3.49. The van der Waals surface area contributed by atoms with E-state index in [1.54, 1.807) is 0 Å². The van der Waals surface area contributed by atoms with E-state index in [1.165, 1.54) is 24.0 Å². The van der Waals surface area contributed by atoms with Gasteiger partial charge < -0.3 is 5.32 Å². The molecule has 1 aromatic heterocycles. The molecule has 0 saturated heterocycles. The molecule has 1 aliphatic rings. The van der Waals surface area contributed by atoms with Crippen LogP contribution in [0.5, 0.6) is 0 Å². The first kappa shape index (κ1) is 12.1. The molecule has 0 bridgehead atoms. The van der Waals surface area contributed by atoms with Crippen LogP contribution in [0, 0.1) is 13.8 Å². The monoisotopic (exact) mass is 254 g/mol. The van der Waals surface area contributed by atoms with E-state index >= 15 is 0 Å². The Kier molecular flexibility index (Phi) is 3.15. The molecule has 0 amide bonds. The Morgan fingerprint density at radius 1 is 1.11 bits per heavy atom. The van der Waals surface area contributed by atoms with Gasteiger partial charge in [-0.2, -0.15) is 5.10 Å². The average Bonchev–Trinajstić information content (AvgIpc) is 2.43. The molecule has 4 nitrogen and oxygen atoms in total. The summed E-state index contributed by atoms with van der Waals surface area (Å²) >= 11 is 0. The lowest BCUT2D eigenvalue weighted by Gasteiger charge is -2.26. The van der Waals surface area contributed by atoms with Crippen LogP contribution < -0.4 is 5.32 Å². The Morgan fingerprint density at radius 2 is 1.95 bits per heavy atom. The summed E-state index contributed by atoms with van der Waals surface area (Å²) in [5, 5.41) is 11.7. The molecule has 4 heteroatoms. The third-order valence-electron chi connectivity index (χ3n) is 3.76. The fourth-order valence-corrected chi connectivity index (χ4v) is 2.58. The minimum atomic E-state index is 0.300. The summed E-state index contributed by atoms with van der Waals surface area (Å²) in [5.74, 6) is 0.629. The van der Waals surface area contributed by atoms with Gasteiger partial charge in [-0.3, -0.25) is 0 Å². The molecule has 1 heterocycles. The van der Waals surface area contributed by atoms with Crippen LogP contribution in [0.3, 0.4) is 0 Å². The fourth-order valence-electron chi connectivity index (χ4n) is 2.58. The molecule has 3 rings (SSSR count). The van der Waals surface area contributed by atoms with E-state index in [1.807, 2.05) is 13.8 Å². The van der Waals surface area contributed by atoms with Gasteiger partial charge in [-0.05, 0) is 44.2 Å².